The summed E-state index contributed by atoms with van der Waals surface area (Å²) in [5.41, 5.74) is 2.05. The summed E-state index contributed by atoms with van der Waals surface area (Å²) >= 11 is 3.61. The molecule has 2 aromatic carbocycles. The Hall–Kier alpha value is -1.85. The second-order valence-electron chi connectivity index (χ2n) is 6.04. The van der Waals surface area contributed by atoms with Gasteiger partial charge in [0.15, 0.2) is 0 Å². The van der Waals surface area contributed by atoms with Crippen LogP contribution < -0.4 is 9.64 Å². The quantitative estimate of drug-likeness (QED) is 0.867. The van der Waals surface area contributed by atoms with Gasteiger partial charge in [0.2, 0.25) is 0 Å². The molecule has 1 N–H and O–H groups in total. The Labute approximate surface area is 151 Å². The molecule has 1 amide bonds. The van der Waals surface area contributed by atoms with Crippen LogP contribution in [0, 0.1) is 0 Å². The standard InChI is InChI=1S/C19H21BrN2O2/c1-24-17-8-6-15(7-9-17)19(23)22-12-10-21(11-13-22)14-16-4-2-3-5-18(16)20/h2-9H,10-14H2,1H3/p+1. The molecule has 0 atom stereocenters. The third-order valence-corrected chi connectivity index (χ3v) is 5.27. The number of piperazine rings is 1. The van der Waals surface area contributed by atoms with Crippen molar-refractivity contribution >= 4 is 21.8 Å². The SMILES string of the molecule is COc1ccc(C(=O)N2CC[NH+](Cc3ccccc3Br)CC2)cc1. The molecule has 1 fully saturated rings. The number of nitrogens with one attached hydrogen (secondary N) is 1. The van der Waals surface area contributed by atoms with Crippen LogP contribution in [0.3, 0.4) is 0 Å². The van der Waals surface area contributed by atoms with Crippen molar-refractivity contribution in [2.24, 2.45) is 0 Å². The molecule has 3 rings (SSSR count). The Kier molecular flexibility index (Phi) is 5.53. The van der Waals surface area contributed by atoms with Crippen LogP contribution in [-0.2, 0) is 6.54 Å². The molecule has 0 saturated carbocycles. The summed E-state index contributed by atoms with van der Waals surface area (Å²) in [4.78, 5) is 16.1. The zero-order chi connectivity index (χ0) is 16.9. The van der Waals surface area contributed by atoms with Gasteiger partial charge in [0.25, 0.3) is 5.91 Å². The number of benzene rings is 2. The van der Waals surface area contributed by atoms with Gasteiger partial charge in [-0.15, -0.1) is 0 Å². The molecule has 1 heterocycles. The third kappa shape index (κ3) is 3.97. The number of carbonyl (C=O) groups is 1. The predicted octanol–water partition coefficient (Wildman–Crippen LogP) is 2.00. The van der Waals surface area contributed by atoms with Crippen molar-refractivity contribution in [1.82, 2.24) is 4.90 Å². The van der Waals surface area contributed by atoms with E-state index in [9.17, 15) is 4.79 Å². The van der Waals surface area contributed by atoms with Gasteiger partial charge in [-0.2, -0.15) is 0 Å². The minimum Gasteiger partial charge on any atom is -0.497 e. The van der Waals surface area contributed by atoms with E-state index >= 15 is 0 Å². The smallest absolute Gasteiger partial charge is 0.254 e. The fraction of sp³-hybridized carbons (Fsp3) is 0.316. The average Bonchev–Trinajstić information content (AvgIpc) is 2.64. The van der Waals surface area contributed by atoms with E-state index in [2.05, 4.69) is 34.1 Å². The molecular weight excluding hydrogens is 368 g/mol. The number of halogens is 1. The van der Waals surface area contributed by atoms with E-state index in [4.69, 9.17) is 4.74 Å². The van der Waals surface area contributed by atoms with Crippen LogP contribution in [0.2, 0.25) is 0 Å². The summed E-state index contributed by atoms with van der Waals surface area (Å²) in [5.74, 6) is 0.881. The maximum Gasteiger partial charge on any atom is 0.254 e. The first-order valence-corrected chi connectivity index (χ1v) is 8.97. The van der Waals surface area contributed by atoms with Crippen LogP contribution in [0.5, 0.6) is 5.75 Å². The number of ether oxygens (including phenoxy) is 1. The molecule has 0 unspecified atom stereocenters. The molecule has 2 aromatic rings. The molecule has 126 valence electrons. The molecule has 4 nitrogen and oxygen atoms in total. The van der Waals surface area contributed by atoms with E-state index in [-0.39, 0.29) is 5.91 Å². The Morgan fingerprint density at radius 1 is 1.12 bits per heavy atom. The first-order chi connectivity index (χ1) is 11.7. The number of rotatable bonds is 4. The fourth-order valence-corrected chi connectivity index (χ4v) is 3.46. The van der Waals surface area contributed by atoms with Crippen LogP contribution in [-0.4, -0.2) is 44.1 Å². The van der Waals surface area contributed by atoms with Crippen molar-refractivity contribution in [1.29, 1.82) is 0 Å². The number of hydrogen-bond acceptors (Lipinski definition) is 2. The molecule has 1 aliphatic rings. The van der Waals surface area contributed by atoms with E-state index < -0.39 is 0 Å². The molecular formula is C19H22BrN2O2+. The van der Waals surface area contributed by atoms with Gasteiger partial charge in [-0.25, -0.2) is 0 Å². The highest BCUT2D eigenvalue weighted by Crippen LogP contribution is 2.15. The Morgan fingerprint density at radius 2 is 1.79 bits per heavy atom. The highest BCUT2D eigenvalue weighted by Gasteiger charge is 2.24. The number of carbonyl (C=O) groups excluding carboxylic acids is 1. The van der Waals surface area contributed by atoms with Gasteiger partial charge in [0.05, 0.1) is 33.3 Å². The van der Waals surface area contributed by atoms with E-state index in [1.165, 1.54) is 10.5 Å². The molecule has 0 aromatic heterocycles. The average molecular weight is 390 g/mol. The maximum absolute atomic E-state index is 12.6. The first-order valence-electron chi connectivity index (χ1n) is 8.17. The van der Waals surface area contributed by atoms with Gasteiger partial charge in [0.1, 0.15) is 12.3 Å². The first kappa shape index (κ1) is 17.0. The minimum absolute atomic E-state index is 0.109. The number of hydrogen-bond donors (Lipinski definition) is 1. The summed E-state index contributed by atoms with van der Waals surface area (Å²) in [6, 6.07) is 15.7. The molecule has 0 aliphatic carbocycles. The van der Waals surface area contributed by atoms with Gasteiger partial charge in [-0.05, 0) is 30.3 Å². The van der Waals surface area contributed by atoms with E-state index in [0.717, 1.165) is 48.5 Å². The lowest BCUT2D eigenvalue weighted by Crippen LogP contribution is -3.13. The van der Waals surface area contributed by atoms with Gasteiger partial charge < -0.3 is 14.5 Å². The maximum atomic E-state index is 12.6. The van der Waals surface area contributed by atoms with Crippen molar-refractivity contribution in [3.05, 3.63) is 64.1 Å². The lowest BCUT2D eigenvalue weighted by molar-refractivity contribution is -0.917. The third-order valence-electron chi connectivity index (χ3n) is 4.49. The highest BCUT2D eigenvalue weighted by molar-refractivity contribution is 9.10. The topological polar surface area (TPSA) is 34.0 Å². The number of methoxy groups -OCH3 is 1. The molecule has 0 spiro atoms. The highest BCUT2D eigenvalue weighted by atomic mass is 79.9. The molecule has 1 aliphatic heterocycles. The van der Waals surface area contributed by atoms with Crippen LogP contribution >= 0.6 is 15.9 Å². The lowest BCUT2D eigenvalue weighted by Gasteiger charge is -2.32. The largest absolute Gasteiger partial charge is 0.497 e. The summed E-state index contributed by atoms with van der Waals surface area (Å²) < 4.78 is 6.30. The van der Waals surface area contributed by atoms with Gasteiger partial charge in [0, 0.05) is 15.6 Å². The lowest BCUT2D eigenvalue weighted by atomic mass is 10.1. The van der Waals surface area contributed by atoms with Gasteiger partial charge in [-0.3, -0.25) is 4.79 Å². The van der Waals surface area contributed by atoms with E-state index in [0.29, 0.717) is 0 Å². The molecule has 24 heavy (non-hydrogen) atoms. The Morgan fingerprint density at radius 3 is 2.42 bits per heavy atom. The van der Waals surface area contributed by atoms with E-state index in [1.807, 2.05) is 35.2 Å². The van der Waals surface area contributed by atoms with Crippen molar-refractivity contribution in [2.45, 2.75) is 6.54 Å². The summed E-state index contributed by atoms with van der Waals surface area (Å²) in [7, 11) is 1.63. The monoisotopic (exact) mass is 389 g/mol. The summed E-state index contributed by atoms with van der Waals surface area (Å²) in [5, 5.41) is 0. The van der Waals surface area contributed by atoms with Gasteiger partial charge >= 0.3 is 0 Å². The second kappa shape index (κ2) is 7.81. The van der Waals surface area contributed by atoms with Crippen LogP contribution in [0.25, 0.3) is 0 Å². The normalized spacial score (nSPS) is 15.3. The van der Waals surface area contributed by atoms with Crippen molar-refractivity contribution in [3.63, 3.8) is 0 Å². The van der Waals surface area contributed by atoms with Crippen molar-refractivity contribution in [2.75, 3.05) is 33.3 Å². The van der Waals surface area contributed by atoms with Crippen LogP contribution in [0.15, 0.2) is 53.0 Å². The van der Waals surface area contributed by atoms with Gasteiger partial charge in [-0.1, -0.05) is 34.1 Å². The fourth-order valence-electron chi connectivity index (χ4n) is 3.03. The summed E-state index contributed by atoms with van der Waals surface area (Å²) in [6.45, 7) is 4.54. The molecule has 1 saturated heterocycles. The predicted molar refractivity (Wildman–Crippen MR) is 97.4 cm³/mol. The number of quaternary nitrogens is 1. The number of nitrogens with zero attached hydrogens (tertiary/aromatic N) is 1. The van der Waals surface area contributed by atoms with Crippen LogP contribution in [0.1, 0.15) is 15.9 Å². The molecule has 0 radical (unpaired) electrons. The van der Waals surface area contributed by atoms with Crippen LogP contribution in [0.4, 0.5) is 0 Å². The number of amides is 1. The zero-order valence-corrected chi connectivity index (χ0v) is 15.4. The minimum atomic E-state index is 0.109. The van der Waals surface area contributed by atoms with E-state index in [1.54, 1.807) is 7.11 Å². The molecule has 5 heteroatoms. The zero-order valence-electron chi connectivity index (χ0n) is 13.8. The molecule has 0 bridgehead atoms. The Balaban J connectivity index is 1.56. The second-order valence-corrected chi connectivity index (χ2v) is 6.89. The van der Waals surface area contributed by atoms with Crippen molar-refractivity contribution < 1.29 is 14.4 Å². The summed E-state index contributed by atoms with van der Waals surface area (Å²) in [6.07, 6.45) is 0. The Bertz CT molecular complexity index is 695. The van der Waals surface area contributed by atoms with Crippen molar-refractivity contribution in [3.8, 4) is 5.75 Å².